The van der Waals surface area contributed by atoms with Gasteiger partial charge in [0.1, 0.15) is 18.2 Å². The molecule has 0 aliphatic heterocycles. The zero-order valence-electron chi connectivity index (χ0n) is 11.4. The minimum atomic E-state index is -0.251. The smallest absolute Gasteiger partial charge is 0.223 e. The first-order valence-corrected chi connectivity index (χ1v) is 6.49. The summed E-state index contributed by atoms with van der Waals surface area (Å²) in [6.07, 6.45) is 0. The maximum absolute atomic E-state index is 12.8. The van der Waals surface area contributed by atoms with Crippen LogP contribution >= 0.6 is 0 Å². The molecular weight excluding hydrogens is 271 g/mol. The lowest BCUT2D eigenvalue weighted by Gasteiger charge is -2.06. The molecule has 0 atom stereocenters. The summed E-state index contributed by atoms with van der Waals surface area (Å²) in [5.74, 6) is 1.56. The molecule has 0 spiro atoms. The van der Waals surface area contributed by atoms with Gasteiger partial charge in [-0.3, -0.25) is 0 Å². The van der Waals surface area contributed by atoms with Gasteiger partial charge in [0.25, 0.3) is 0 Å². The highest BCUT2D eigenvalue weighted by atomic mass is 19.1. The topological polar surface area (TPSA) is 48.2 Å². The molecule has 1 aromatic heterocycles. The van der Waals surface area contributed by atoms with E-state index in [0.717, 1.165) is 16.9 Å². The number of nitrogens with zero attached hydrogens (tertiary/aromatic N) is 2. The molecule has 0 bridgehead atoms. The molecule has 2 aromatic carbocycles. The Morgan fingerprint density at radius 2 is 1.76 bits per heavy atom. The Balaban J connectivity index is 1.65. The molecule has 3 aromatic rings. The molecular formula is C16H13FN2O2. The third kappa shape index (κ3) is 3.25. The number of halogens is 1. The Morgan fingerprint density at radius 1 is 1.05 bits per heavy atom. The standard InChI is InChI=1S/C16H13FN2O2/c1-11-18-16(19-21-11)13-4-8-15(9-5-13)20-10-12-2-6-14(17)7-3-12/h2-9H,10H2,1H3. The predicted molar refractivity (Wildman–Crippen MR) is 75.2 cm³/mol. The summed E-state index contributed by atoms with van der Waals surface area (Å²) in [7, 11) is 0. The lowest BCUT2D eigenvalue weighted by atomic mass is 10.2. The van der Waals surface area contributed by atoms with Crippen LogP contribution in [-0.2, 0) is 6.61 Å². The van der Waals surface area contributed by atoms with Gasteiger partial charge in [-0.2, -0.15) is 4.98 Å². The van der Waals surface area contributed by atoms with E-state index in [0.29, 0.717) is 18.3 Å². The molecule has 0 radical (unpaired) electrons. The van der Waals surface area contributed by atoms with E-state index in [9.17, 15) is 4.39 Å². The molecule has 0 N–H and O–H groups in total. The van der Waals surface area contributed by atoms with Gasteiger partial charge in [-0.15, -0.1) is 0 Å². The fourth-order valence-electron chi connectivity index (χ4n) is 1.86. The van der Waals surface area contributed by atoms with E-state index in [-0.39, 0.29) is 5.82 Å². The molecule has 0 fully saturated rings. The minimum Gasteiger partial charge on any atom is -0.489 e. The van der Waals surface area contributed by atoms with E-state index in [1.807, 2.05) is 24.3 Å². The second kappa shape index (κ2) is 5.75. The second-order valence-corrected chi connectivity index (χ2v) is 4.58. The van der Waals surface area contributed by atoms with Crippen molar-refractivity contribution in [3.63, 3.8) is 0 Å². The van der Waals surface area contributed by atoms with Gasteiger partial charge in [0.2, 0.25) is 11.7 Å². The first-order chi connectivity index (χ1) is 10.2. The van der Waals surface area contributed by atoms with Gasteiger partial charge < -0.3 is 9.26 Å². The highest BCUT2D eigenvalue weighted by Gasteiger charge is 2.05. The predicted octanol–water partition coefficient (Wildman–Crippen LogP) is 3.76. The van der Waals surface area contributed by atoms with E-state index in [2.05, 4.69) is 10.1 Å². The quantitative estimate of drug-likeness (QED) is 0.732. The molecule has 0 saturated heterocycles. The summed E-state index contributed by atoms with van der Waals surface area (Å²) in [5.41, 5.74) is 1.77. The van der Waals surface area contributed by atoms with E-state index >= 15 is 0 Å². The van der Waals surface area contributed by atoms with E-state index in [4.69, 9.17) is 9.26 Å². The van der Waals surface area contributed by atoms with Crippen LogP contribution in [0.15, 0.2) is 53.1 Å². The van der Waals surface area contributed by atoms with Gasteiger partial charge in [0.05, 0.1) is 0 Å². The maximum atomic E-state index is 12.8. The Hall–Kier alpha value is -2.69. The van der Waals surface area contributed by atoms with Crippen molar-refractivity contribution in [2.24, 2.45) is 0 Å². The molecule has 21 heavy (non-hydrogen) atoms. The van der Waals surface area contributed by atoms with Crippen molar-refractivity contribution in [2.75, 3.05) is 0 Å². The molecule has 0 aliphatic rings. The van der Waals surface area contributed by atoms with Gasteiger partial charge in [-0.1, -0.05) is 17.3 Å². The van der Waals surface area contributed by atoms with Crippen molar-refractivity contribution >= 4 is 0 Å². The van der Waals surface area contributed by atoms with Crippen LogP contribution in [0.25, 0.3) is 11.4 Å². The largest absolute Gasteiger partial charge is 0.489 e. The summed E-state index contributed by atoms with van der Waals surface area (Å²) in [6.45, 7) is 2.14. The van der Waals surface area contributed by atoms with Gasteiger partial charge >= 0.3 is 0 Å². The van der Waals surface area contributed by atoms with Crippen molar-refractivity contribution < 1.29 is 13.7 Å². The first kappa shape index (κ1) is 13.3. The second-order valence-electron chi connectivity index (χ2n) is 4.58. The number of rotatable bonds is 4. The zero-order valence-corrected chi connectivity index (χ0v) is 11.4. The van der Waals surface area contributed by atoms with E-state index in [1.165, 1.54) is 12.1 Å². The lowest BCUT2D eigenvalue weighted by molar-refractivity contribution is 0.306. The molecule has 0 amide bonds. The highest BCUT2D eigenvalue weighted by molar-refractivity contribution is 5.55. The molecule has 1 heterocycles. The lowest BCUT2D eigenvalue weighted by Crippen LogP contribution is -1.95. The molecule has 3 rings (SSSR count). The average Bonchev–Trinajstić information content (AvgIpc) is 2.94. The normalized spacial score (nSPS) is 10.6. The van der Waals surface area contributed by atoms with Gasteiger partial charge in [-0.05, 0) is 42.0 Å². The van der Waals surface area contributed by atoms with Crippen LogP contribution in [0.4, 0.5) is 4.39 Å². The third-order valence-electron chi connectivity index (χ3n) is 2.96. The molecule has 4 nitrogen and oxygen atoms in total. The number of hydrogen-bond donors (Lipinski definition) is 0. The van der Waals surface area contributed by atoms with Crippen LogP contribution in [0.2, 0.25) is 0 Å². The van der Waals surface area contributed by atoms with Crippen LogP contribution in [0.5, 0.6) is 5.75 Å². The van der Waals surface area contributed by atoms with Crippen molar-refractivity contribution in [3.05, 3.63) is 65.8 Å². The van der Waals surface area contributed by atoms with Crippen LogP contribution in [0.3, 0.4) is 0 Å². The minimum absolute atomic E-state index is 0.251. The van der Waals surface area contributed by atoms with Crippen molar-refractivity contribution in [3.8, 4) is 17.1 Å². The van der Waals surface area contributed by atoms with Crippen molar-refractivity contribution in [1.82, 2.24) is 10.1 Å². The van der Waals surface area contributed by atoms with Crippen LogP contribution < -0.4 is 4.74 Å². The van der Waals surface area contributed by atoms with E-state index in [1.54, 1.807) is 19.1 Å². The SMILES string of the molecule is Cc1nc(-c2ccc(OCc3ccc(F)cc3)cc2)no1. The van der Waals surface area contributed by atoms with Crippen molar-refractivity contribution in [2.45, 2.75) is 13.5 Å². The molecule has 106 valence electrons. The molecule has 0 aliphatic carbocycles. The summed E-state index contributed by atoms with van der Waals surface area (Å²) >= 11 is 0. The third-order valence-corrected chi connectivity index (χ3v) is 2.96. The Morgan fingerprint density at radius 3 is 2.38 bits per heavy atom. The highest BCUT2D eigenvalue weighted by Crippen LogP contribution is 2.20. The fourth-order valence-corrected chi connectivity index (χ4v) is 1.86. The monoisotopic (exact) mass is 284 g/mol. The average molecular weight is 284 g/mol. The number of aryl methyl sites for hydroxylation is 1. The van der Waals surface area contributed by atoms with Gasteiger partial charge in [0.15, 0.2) is 0 Å². The van der Waals surface area contributed by atoms with Crippen LogP contribution in [0, 0.1) is 12.7 Å². The molecule has 0 saturated carbocycles. The first-order valence-electron chi connectivity index (χ1n) is 6.49. The zero-order chi connectivity index (χ0) is 14.7. The Kier molecular flexibility index (Phi) is 3.64. The van der Waals surface area contributed by atoms with Crippen LogP contribution in [0.1, 0.15) is 11.5 Å². The Bertz CT molecular complexity index is 721. The summed E-state index contributed by atoms with van der Waals surface area (Å²) in [6, 6.07) is 13.6. The van der Waals surface area contributed by atoms with Gasteiger partial charge in [-0.25, -0.2) is 4.39 Å². The molecule has 5 heteroatoms. The summed E-state index contributed by atoms with van der Waals surface area (Å²) in [5, 5.41) is 3.86. The number of hydrogen-bond acceptors (Lipinski definition) is 4. The number of benzene rings is 2. The van der Waals surface area contributed by atoms with E-state index < -0.39 is 0 Å². The summed E-state index contributed by atoms with van der Waals surface area (Å²) in [4.78, 5) is 4.16. The molecule has 0 unspecified atom stereocenters. The van der Waals surface area contributed by atoms with Crippen molar-refractivity contribution in [1.29, 1.82) is 0 Å². The fraction of sp³-hybridized carbons (Fsp3) is 0.125. The van der Waals surface area contributed by atoms with Crippen LogP contribution in [-0.4, -0.2) is 10.1 Å². The van der Waals surface area contributed by atoms with Gasteiger partial charge in [0, 0.05) is 12.5 Å². The Labute approximate surface area is 121 Å². The number of aromatic nitrogens is 2. The number of ether oxygens (including phenoxy) is 1. The maximum Gasteiger partial charge on any atom is 0.223 e. The summed E-state index contributed by atoms with van der Waals surface area (Å²) < 4.78 is 23.4.